The van der Waals surface area contributed by atoms with Crippen molar-refractivity contribution in [1.82, 2.24) is 10.2 Å². The highest BCUT2D eigenvalue weighted by molar-refractivity contribution is 5.04. The number of hydrogen-bond acceptors (Lipinski definition) is 4. The summed E-state index contributed by atoms with van der Waals surface area (Å²) in [5.41, 5.74) is 1.19. The van der Waals surface area contributed by atoms with Crippen LogP contribution >= 0.6 is 0 Å². The van der Waals surface area contributed by atoms with Crippen LogP contribution in [0.25, 0.3) is 0 Å². The van der Waals surface area contributed by atoms with E-state index in [4.69, 9.17) is 9.52 Å². The van der Waals surface area contributed by atoms with Crippen LogP contribution in [0, 0.1) is 5.92 Å². The van der Waals surface area contributed by atoms with Crippen molar-refractivity contribution in [3.8, 4) is 0 Å². The Balaban J connectivity index is 1.58. The molecule has 1 unspecified atom stereocenters. The number of hydrogen-bond donors (Lipinski definition) is 2. The molecule has 4 heteroatoms. The molecule has 0 radical (unpaired) electrons. The van der Waals surface area contributed by atoms with Crippen LogP contribution in [-0.2, 0) is 6.54 Å². The SMILES string of the molecule is OCC1CCCN(CCNCc2ccoc2)C1. The largest absolute Gasteiger partial charge is 0.472 e. The first kappa shape index (κ1) is 12.6. The molecule has 4 nitrogen and oxygen atoms in total. The maximum Gasteiger partial charge on any atom is 0.0947 e. The number of aliphatic hydroxyl groups is 1. The zero-order valence-corrected chi connectivity index (χ0v) is 10.3. The molecule has 0 saturated carbocycles. The number of nitrogens with one attached hydrogen (secondary N) is 1. The van der Waals surface area contributed by atoms with Crippen LogP contribution in [0.5, 0.6) is 0 Å². The fourth-order valence-corrected chi connectivity index (χ4v) is 2.37. The van der Waals surface area contributed by atoms with Gasteiger partial charge in [0.05, 0.1) is 12.5 Å². The summed E-state index contributed by atoms with van der Waals surface area (Å²) in [5.74, 6) is 0.484. The number of likely N-dealkylation sites (tertiary alicyclic amines) is 1. The Morgan fingerprint density at radius 2 is 2.47 bits per heavy atom. The zero-order chi connectivity index (χ0) is 11.9. The van der Waals surface area contributed by atoms with Gasteiger partial charge in [-0.25, -0.2) is 0 Å². The van der Waals surface area contributed by atoms with E-state index in [-0.39, 0.29) is 0 Å². The number of nitrogens with zero attached hydrogens (tertiary/aromatic N) is 1. The van der Waals surface area contributed by atoms with Crippen LogP contribution in [0.1, 0.15) is 18.4 Å². The highest BCUT2D eigenvalue weighted by Gasteiger charge is 2.18. The first-order valence-corrected chi connectivity index (χ1v) is 6.43. The van der Waals surface area contributed by atoms with Crippen molar-refractivity contribution in [2.75, 3.05) is 32.8 Å². The molecule has 2 rings (SSSR count). The Bertz CT molecular complexity index is 300. The average molecular weight is 238 g/mol. The summed E-state index contributed by atoms with van der Waals surface area (Å²) in [6.07, 6.45) is 5.87. The fraction of sp³-hybridized carbons (Fsp3) is 0.692. The smallest absolute Gasteiger partial charge is 0.0947 e. The molecule has 1 atom stereocenters. The molecule has 1 aromatic rings. The molecule has 0 aromatic carbocycles. The van der Waals surface area contributed by atoms with Gasteiger partial charge in [0.25, 0.3) is 0 Å². The van der Waals surface area contributed by atoms with Gasteiger partial charge in [-0.1, -0.05) is 0 Å². The summed E-state index contributed by atoms with van der Waals surface area (Å²) in [5, 5.41) is 12.6. The van der Waals surface area contributed by atoms with Gasteiger partial charge in [-0.05, 0) is 31.4 Å². The standard InChI is InChI=1S/C13H22N2O2/c16-10-13-2-1-5-15(9-13)6-4-14-8-12-3-7-17-11-12/h3,7,11,13-14,16H,1-2,4-6,8-10H2. The Hall–Kier alpha value is -0.840. The molecular weight excluding hydrogens is 216 g/mol. The second kappa shape index (κ2) is 6.79. The lowest BCUT2D eigenvalue weighted by atomic mass is 9.99. The highest BCUT2D eigenvalue weighted by Crippen LogP contribution is 2.14. The van der Waals surface area contributed by atoms with E-state index in [1.807, 2.05) is 6.07 Å². The Morgan fingerprint density at radius 1 is 1.53 bits per heavy atom. The third-order valence-electron chi connectivity index (χ3n) is 3.38. The first-order valence-electron chi connectivity index (χ1n) is 6.43. The van der Waals surface area contributed by atoms with Crippen molar-refractivity contribution >= 4 is 0 Å². The van der Waals surface area contributed by atoms with Crippen molar-refractivity contribution in [2.24, 2.45) is 5.92 Å². The van der Waals surface area contributed by atoms with Crippen molar-refractivity contribution in [2.45, 2.75) is 19.4 Å². The van der Waals surface area contributed by atoms with Gasteiger partial charge >= 0.3 is 0 Å². The molecule has 0 amide bonds. The van der Waals surface area contributed by atoms with Gasteiger partial charge in [0, 0.05) is 38.3 Å². The molecule has 1 saturated heterocycles. The fourth-order valence-electron chi connectivity index (χ4n) is 2.37. The van der Waals surface area contributed by atoms with Gasteiger partial charge in [-0.15, -0.1) is 0 Å². The predicted octanol–water partition coefficient (Wildman–Crippen LogP) is 1.07. The maximum absolute atomic E-state index is 9.15. The summed E-state index contributed by atoms with van der Waals surface area (Å²) in [6, 6.07) is 1.98. The monoisotopic (exact) mass is 238 g/mol. The second-order valence-electron chi connectivity index (χ2n) is 4.80. The average Bonchev–Trinajstić information content (AvgIpc) is 2.88. The molecule has 1 aliphatic rings. The van der Waals surface area contributed by atoms with Gasteiger partial charge in [-0.2, -0.15) is 0 Å². The van der Waals surface area contributed by atoms with E-state index < -0.39 is 0 Å². The van der Waals surface area contributed by atoms with E-state index >= 15 is 0 Å². The Labute approximate surface area is 103 Å². The molecule has 1 aliphatic heterocycles. The van der Waals surface area contributed by atoms with Gasteiger partial charge in [-0.3, -0.25) is 0 Å². The van der Waals surface area contributed by atoms with Crippen molar-refractivity contribution in [3.63, 3.8) is 0 Å². The van der Waals surface area contributed by atoms with Gasteiger partial charge in [0.2, 0.25) is 0 Å². The first-order chi connectivity index (χ1) is 8.38. The third-order valence-corrected chi connectivity index (χ3v) is 3.38. The van der Waals surface area contributed by atoms with Crippen molar-refractivity contribution < 1.29 is 9.52 Å². The van der Waals surface area contributed by atoms with Gasteiger partial charge < -0.3 is 19.7 Å². The minimum atomic E-state index is 0.332. The number of rotatable bonds is 6. The van der Waals surface area contributed by atoms with Crippen LogP contribution in [0.15, 0.2) is 23.0 Å². The zero-order valence-electron chi connectivity index (χ0n) is 10.3. The quantitative estimate of drug-likeness (QED) is 0.728. The maximum atomic E-state index is 9.15. The van der Waals surface area contributed by atoms with Crippen molar-refractivity contribution in [1.29, 1.82) is 0 Å². The third kappa shape index (κ3) is 4.15. The molecule has 1 aromatic heterocycles. The summed E-state index contributed by atoms with van der Waals surface area (Å²) in [7, 11) is 0. The van der Waals surface area contributed by atoms with E-state index in [0.29, 0.717) is 12.5 Å². The predicted molar refractivity (Wildman–Crippen MR) is 66.7 cm³/mol. The molecule has 2 heterocycles. The van der Waals surface area contributed by atoms with Crippen LogP contribution in [0.4, 0.5) is 0 Å². The molecular formula is C13H22N2O2. The Kier molecular flexibility index (Phi) is 5.04. The summed E-state index contributed by atoms with van der Waals surface area (Å²) in [4.78, 5) is 2.44. The van der Waals surface area contributed by atoms with E-state index in [1.165, 1.54) is 24.9 Å². The molecule has 2 N–H and O–H groups in total. The van der Waals surface area contributed by atoms with Crippen molar-refractivity contribution in [3.05, 3.63) is 24.2 Å². The minimum absolute atomic E-state index is 0.332. The lowest BCUT2D eigenvalue weighted by Gasteiger charge is -2.31. The summed E-state index contributed by atoms with van der Waals surface area (Å²) >= 11 is 0. The Morgan fingerprint density at radius 3 is 3.24 bits per heavy atom. The minimum Gasteiger partial charge on any atom is -0.472 e. The number of furan rings is 1. The molecule has 96 valence electrons. The van der Waals surface area contributed by atoms with Crippen LogP contribution in [0.3, 0.4) is 0 Å². The van der Waals surface area contributed by atoms with E-state index in [9.17, 15) is 0 Å². The molecule has 0 aliphatic carbocycles. The highest BCUT2D eigenvalue weighted by atomic mass is 16.3. The van der Waals surface area contributed by atoms with Crippen LogP contribution < -0.4 is 5.32 Å². The molecule has 0 spiro atoms. The van der Waals surface area contributed by atoms with Gasteiger partial charge in [0.1, 0.15) is 0 Å². The lowest BCUT2D eigenvalue weighted by molar-refractivity contribution is 0.121. The number of piperidine rings is 1. The van der Waals surface area contributed by atoms with Crippen LogP contribution in [0.2, 0.25) is 0 Å². The summed E-state index contributed by atoms with van der Waals surface area (Å²) in [6.45, 7) is 5.47. The van der Waals surface area contributed by atoms with E-state index in [2.05, 4.69) is 10.2 Å². The molecule has 17 heavy (non-hydrogen) atoms. The van der Waals surface area contributed by atoms with Gasteiger partial charge in [0.15, 0.2) is 0 Å². The summed E-state index contributed by atoms with van der Waals surface area (Å²) < 4.78 is 5.01. The number of aliphatic hydroxyl groups excluding tert-OH is 1. The molecule has 1 fully saturated rings. The van der Waals surface area contributed by atoms with E-state index in [0.717, 1.165) is 26.2 Å². The normalized spacial score (nSPS) is 21.8. The second-order valence-corrected chi connectivity index (χ2v) is 4.80. The topological polar surface area (TPSA) is 48.6 Å². The van der Waals surface area contributed by atoms with Crippen LogP contribution in [-0.4, -0.2) is 42.8 Å². The van der Waals surface area contributed by atoms with E-state index in [1.54, 1.807) is 12.5 Å². The lowest BCUT2D eigenvalue weighted by Crippen LogP contribution is -2.40. The molecule has 0 bridgehead atoms.